The molecule has 0 unspecified atom stereocenters. The van der Waals surface area contributed by atoms with Gasteiger partial charge in [0.1, 0.15) is 5.54 Å². The van der Waals surface area contributed by atoms with Crippen LogP contribution in [0.15, 0.2) is 0 Å². The summed E-state index contributed by atoms with van der Waals surface area (Å²) in [5, 5.41) is 12.1. The lowest BCUT2D eigenvalue weighted by molar-refractivity contribution is -0.144. The van der Waals surface area contributed by atoms with Crippen molar-refractivity contribution in [3.8, 4) is 0 Å². The number of aliphatic carboxylic acids is 1. The van der Waals surface area contributed by atoms with Gasteiger partial charge in [-0.1, -0.05) is 13.8 Å². The third-order valence-electron chi connectivity index (χ3n) is 4.29. The topological polar surface area (TPSA) is 72.9 Å². The summed E-state index contributed by atoms with van der Waals surface area (Å²) < 4.78 is 0. The zero-order valence-corrected chi connectivity index (χ0v) is 13.0. The summed E-state index contributed by atoms with van der Waals surface area (Å²) in [6.07, 6.45) is 0.771. The van der Waals surface area contributed by atoms with Crippen LogP contribution in [0.25, 0.3) is 0 Å². The van der Waals surface area contributed by atoms with Crippen molar-refractivity contribution in [1.29, 1.82) is 0 Å². The molecule has 1 heterocycles. The van der Waals surface area contributed by atoms with E-state index in [4.69, 9.17) is 0 Å². The van der Waals surface area contributed by atoms with Gasteiger partial charge in [-0.25, -0.2) is 9.59 Å². The second kappa shape index (κ2) is 6.92. The molecule has 2 N–H and O–H groups in total. The predicted octanol–water partition coefficient (Wildman–Crippen LogP) is 1.37. The molecule has 20 heavy (non-hydrogen) atoms. The smallest absolute Gasteiger partial charge is 0.329 e. The first-order valence-electron chi connectivity index (χ1n) is 7.40. The molecule has 2 amide bonds. The summed E-state index contributed by atoms with van der Waals surface area (Å²) in [7, 11) is 0. The number of carbonyl (C=O) groups is 2. The van der Waals surface area contributed by atoms with Crippen LogP contribution < -0.4 is 5.32 Å². The van der Waals surface area contributed by atoms with Crippen molar-refractivity contribution in [2.24, 2.45) is 0 Å². The normalized spacial score (nSPS) is 17.4. The van der Waals surface area contributed by atoms with Crippen molar-refractivity contribution in [2.45, 2.75) is 52.1 Å². The van der Waals surface area contributed by atoms with Gasteiger partial charge in [-0.3, -0.25) is 4.90 Å². The molecular weight excluding hydrogens is 258 g/mol. The molecule has 0 bridgehead atoms. The van der Waals surface area contributed by atoms with Crippen LogP contribution >= 0.6 is 0 Å². The molecule has 1 saturated heterocycles. The number of hydrogen-bond donors (Lipinski definition) is 2. The summed E-state index contributed by atoms with van der Waals surface area (Å²) in [4.78, 5) is 27.7. The second-order valence-electron chi connectivity index (χ2n) is 5.64. The second-order valence-corrected chi connectivity index (χ2v) is 5.64. The molecule has 0 spiro atoms. The SMILES string of the molecule is CCC(CC)(NC(=O)N1CCN(C(C)C)CC1)C(=O)O. The van der Waals surface area contributed by atoms with Gasteiger partial charge in [0, 0.05) is 32.2 Å². The fourth-order valence-corrected chi connectivity index (χ4v) is 2.51. The van der Waals surface area contributed by atoms with Gasteiger partial charge in [0.25, 0.3) is 0 Å². The van der Waals surface area contributed by atoms with Crippen LogP contribution in [-0.4, -0.2) is 64.7 Å². The van der Waals surface area contributed by atoms with Crippen molar-refractivity contribution in [2.75, 3.05) is 26.2 Å². The van der Waals surface area contributed by atoms with Crippen LogP contribution in [0.3, 0.4) is 0 Å². The number of piperazine rings is 1. The molecule has 1 aliphatic rings. The lowest BCUT2D eigenvalue weighted by Crippen LogP contribution is -2.60. The Morgan fingerprint density at radius 3 is 2.00 bits per heavy atom. The Hall–Kier alpha value is -1.30. The Morgan fingerprint density at radius 1 is 1.15 bits per heavy atom. The fraction of sp³-hybridized carbons (Fsp3) is 0.857. The van der Waals surface area contributed by atoms with Crippen LogP contribution in [0, 0.1) is 0 Å². The highest BCUT2D eigenvalue weighted by molar-refractivity contribution is 5.86. The van der Waals surface area contributed by atoms with E-state index in [2.05, 4.69) is 24.1 Å². The third-order valence-corrected chi connectivity index (χ3v) is 4.29. The van der Waals surface area contributed by atoms with E-state index in [1.807, 2.05) is 0 Å². The van der Waals surface area contributed by atoms with Gasteiger partial charge in [0.15, 0.2) is 0 Å². The van der Waals surface area contributed by atoms with E-state index in [1.165, 1.54) is 0 Å². The minimum atomic E-state index is -1.15. The lowest BCUT2D eigenvalue weighted by atomic mass is 9.93. The maximum atomic E-state index is 12.2. The molecule has 1 rings (SSSR count). The first-order valence-corrected chi connectivity index (χ1v) is 7.40. The number of rotatable bonds is 5. The lowest BCUT2D eigenvalue weighted by Gasteiger charge is -2.38. The number of carboxylic acids is 1. The number of hydrogen-bond acceptors (Lipinski definition) is 3. The van der Waals surface area contributed by atoms with Gasteiger partial charge < -0.3 is 15.3 Å². The Labute approximate surface area is 121 Å². The van der Waals surface area contributed by atoms with Gasteiger partial charge in [-0.2, -0.15) is 0 Å². The van der Waals surface area contributed by atoms with Crippen LogP contribution in [-0.2, 0) is 4.79 Å². The molecule has 0 saturated carbocycles. The average Bonchev–Trinajstić information content (AvgIpc) is 2.44. The monoisotopic (exact) mass is 285 g/mol. The Morgan fingerprint density at radius 2 is 1.65 bits per heavy atom. The maximum Gasteiger partial charge on any atom is 0.329 e. The Kier molecular flexibility index (Phi) is 5.80. The highest BCUT2D eigenvalue weighted by Crippen LogP contribution is 2.16. The van der Waals surface area contributed by atoms with Crippen LogP contribution in [0.1, 0.15) is 40.5 Å². The van der Waals surface area contributed by atoms with Gasteiger partial charge >= 0.3 is 12.0 Å². The third kappa shape index (κ3) is 3.62. The van der Waals surface area contributed by atoms with Gasteiger partial charge in [0.05, 0.1) is 0 Å². The summed E-state index contributed by atoms with van der Waals surface area (Å²) in [6.45, 7) is 10.8. The van der Waals surface area contributed by atoms with Gasteiger partial charge in [0.2, 0.25) is 0 Å². The number of amides is 2. The number of carbonyl (C=O) groups excluding carboxylic acids is 1. The molecule has 6 heteroatoms. The van der Waals surface area contributed by atoms with Crippen molar-refractivity contribution >= 4 is 12.0 Å². The molecule has 0 radical (unpaired) electrons. The molecule has 0 aromatic carbocycles. The van der Waals surface area contributed by atoms with Crippen LogP contribution in [0.4, 0.5) is 4.79 Å². The highest BCUT2D eigenvalue weighted by Gasteiger charge is 2.38. The minimum Gasteiger partial charge on any atom is -0.480 e. The van der Waals surface area contributed by atoms with E-state index in [-0.39, 0.29) is 6.03 Å². The summed E-state index contributed by atoms with van der Waals surface area (Å²) in [5.74, 6) is -0.961. The number of nitrogens with one attached hydrogen (secondary N) is 1. The molecule has 1 fully saturated rings. The first kappa shape index (κ1) is 16.8. The Balaban J connectivity index is 2.61. The zero-order chi connectivity index (χ0) is 15.3. The van der Waals surface area contributed by atoms with Crippen LogP contribution in [0.2, 0.25) is 0 Å². The fourth-order valence-electron chi connectivity index (χ4n) is 2.51. The number of urea groups is 1. The quantitative estimate of drug-likeness (QED) is 0.800. The van der Waals surface area contributed by atoms with Gasteiger partial charge in [-0.05, 0) is 26.7 Å². The molecule has 0 aromatic heterocycles. The van der Waals surface area contributed by atoms with E-state index in [1.54, 1.807) is 18.7 Å². The minimum absolute atomic E-state index is 0.264. The summed E-state index contributed by atoms with van der Waals surface area (Å²) in [5.41, 5.74) is -1.15. The van der Waals surface area contributed by atoms with E-state index in [0.717, 1.165) is 13.1 Å². The molecule has 0 aromatic rings. The van der Waals surface area contributed by atoms with E-state index >= 15 is 0 Å². The first-order chi connectivity index (χ1) is 9.36. The molecule has 116 valence electrons. The highest BCUT2D eigenvalue weighted by atomic mass is 16.4. The molecular formula is C14H27N3O3. The molecule has 0 aliphatic carbocycles. The summed E-state index contributed by atoms with van der Waals surface area (Å²) in [6, 6.07) is 0.212. The summed E-state index contributed by atoms with van der Waals surface area (Å²) >= 11 is 0. The van der Waals surface area contributed by atoms with Crippen molar-refractivity contribution < 1.29 is 14.7 Å². The standard InChI is InChI=1S/C14H27N3O3/c1-5-14(6-2,12(18)19)15-13(20)17-9-7-16(8-10-17)11(3)4/h11H,5-10H2,1-4H3,(H,15,20)(H,18,19). The largest absolute Gasteiger partial charge is 0.480 e. The zero-order valence-electron chi connectivity index (χ0n) is 13.0. The van der Waals surface area contributed by atoms with Crippen molar-refractivity contribution in [3.05, 3.63) is 0 Å². The maximum absolute atomic E-state index is 12.2. The van der Waals surface area contributed by atoms with Crippen molar-refractivity contribution in [1.82, 2.24) is 15.1 Å². The average molecular weight is 285 g/mol. The van der Waals surface area contributed by atoms with E-state index in [9.17, 15) is 14.7 Å². The van der Waals surface area contributed by atoms with E-state index < -0.39 is 11.5 Å². The molecule has 6 nitrogen and oxygen atoms in total. The molecule has 1 aliphatic heterocycles. The predicted molar refractivity (Wildman–Crippen MR) is 77.8 cm³/mol. The van der Waals surface area contributed by atoms with Crippen molar-refractivity contribution in [3.63, 3.8) is 0 Å². The van der Waals surface area contributed by atoms with Crippen LogP contribution in [0.5, 0.6) is 0 Å². The Bertz CT molecular complexity index is 346. The van der Waals surface area contributed by atoms with Gasteiger partial charge in [-0.15, -0.1) is 0 Å². The molecule has 0 atom stereocenters. The number of nitrogens with zero attached hydrogens (tertiary/aromatic N) is 2. The van der Waals surface area contributed by atoms with E-state index in [0.29, 0.717) is 32.0 Å². The number of carboxylic acid groups (broad SMARTS) is 1.